The van der Waals surface area contributed by atoms with Crippen LogP contribution in [0.15, 0.2) is 18.2 Å². The molecule has 0 fully saturated rings. The number of carbonyl (C=O) groups excluding carboxylic acids is 1. The summed E-state index contributed by atoms with van der Waals surface area (Å²) in [6.45, 7) is 10.3. The first-order valence-electron chi connectivity index (χ1n) is 7.12. The SMILES string of the molecule is CC(C)NC(=O)COc1cc(F)cc(CNC(C)(C)C)c1. The number of hydrogen-bond acceptors (Lipinski definition) is 3. The Morgan fingerprint density at radius 2 is 1.95 bits per heavy atom. The maximum Gasteiger partial charge on any atom is 0.258 e. The van der Waals surface area contributed by atoms with Gasteiger partial charge in [0.2, 0.25) is 0 Å². The zero-order valence-electron chi connectivity index (χ0n) is 13.4. The molecule has 5 heteroatoms. The van der Waals surface area contributed by atoms with E-state index in [-0.39, 0.29) is 29.9 Å². The number of rotatable bonds is 6. The van der Waals surface area contributed by atoms with Crippen LogP contribution >= 0.6 is 0 Å². The van der Waals surface area contributed by atoms with E-state index in [4.69, 9.17) is 4.74 Å². The normalized spacial score (nSPS) is 11.6. The van der Waals surface area contributed by atoms with Gasteiger partial charge in [-0.2, -0.15) is 0 Å². The molecule has 4 nitrogen and oxygen atoms in total. The van der Waals surface area contributed by atoms with Crippen LogP contribution in [-0.4, -0.2) is 24.1 Å². The summed E-state index contributed by atoms with van der Waals surface area (Å²) in [6.07, 6.45) is 0. The van der Waals surface area contributed by atoms with Crippen LogP contribution in [0, 0.1) is 5.82 Å². The molecule has 0 aliphatic rings. The largest absolute Gasteiger partial charge is 0.484 e. The van der Waals surface area contributed by atoms with Crippen molar-refractivity contribution in [3.63, 3.8) is 0 Å². The first-order valence-corrected chi connectivity index (χ1v) is 7.12. The number of halogens is 1. The van der Waals surface area contributed by atoms with Crippen LogP contribution in [0.4, 0.5) is 4.39 Å². The lowest BCUT2D eigenvalue weighted by molar-refractivity contribution is -0.123. The molecular weight excluding hydrogens is 271 g/mol. The third-order valence-corrected chi connectivity index (χ3v) is 2.57. The van der Waals surface area contributed by atoms with Crippen LogP contribution in [0.5, 0.6) is 5.75 Å². The summed E-state index contributed by atoms with van der Waals surface area (Å²) in [5, 5.41) is 6.00. The van der Waals surface area contributed by atoms with Gasteiger partial charge in [0, 0.05) is 24.2 Å². The third kappa shape index (κ3) is 7.66. The number of carbonyl (C=O) groups is 1. The van der Waals surface area contributed by atoms with E-state index in [0.717, 1.165) is 5.56 Å². The van der Waals surface area contributed by atoms with Crippen LogP contribution in [0.1, 0.15) is 40.2 Å². The molecule has 1 aromatic carbocycles. The first kappa shape index (κ1) is 17.4. The molecule has 0 saturated carbocycles. The molecule has 0 unspecified atom stereocenters. The smallest absolute Gasteiger partial charge is 0.258 e. The van der Waals surface area contributed by atoms with Gasteiger partial charge in [0.1, 0.15) is 11.6 Å². The lowest BCUT2D eigenvalue weighted by Gasteiger charge is -2.20. The van der Waals surface area contributed by atoms with E-state index in [0.29, 0.717) is 12.3 Å². The van der Waals surface area contributed by atoms with E-state index >= 15 is 0 Å². The maximum atomic E-state index is 13.6. The molecule has 0 bridgehead atoms. The second-order valence-corrected chi connectivity index (χ2v) is 6.41. The summed E-state index contributed by atoms with van der Waals surface area (Å²) < 4.78 is 18.9. The highest BCUT2D eigenvalue weighted by Gasteiger charge is 2.10. The summed E-state index contributed by atoms with van der Waals surface area (Å²) in [5.74, 6) is -0.231. The Labute approximate surface area is 126 Å². The molecule has 118 valence electrons. The highest BCUT2D eigenvalue weighted by atomic mass is 19.1. The monoisotopic (exact) mass is 296 g/mol. The summed E-state index contributed by atoms with van der Waals surface area (Å²) in [7, 11) is 0. The van der Waals surface area contributed by atoms with Gasteiger partial charge in [-0.15, -0.1) is 0 Å². The van der Waals surface area contributed by atoms with Crippen LogP contribution in [0.25, 0.3) is 0 Å². The Hall–Kier alpha value is -1.62. The molecule has 1 rings (SSSR count). The van der Waals surface area contributed by atoms with E-state index in [1.807, 2.05) is 34.6 Å². The van der Waals surface area contributed by atoms with Crippen LogP contribution in [0.3, 0.4) is 0 Å². The number of nitrogens with one attached hydrogen (secondary N) is 2. The molecule has 0 aromatic heterocycles. The Kier molecular flexibility index (Phi) is 6.15. The van der Waals surface area contributed by atoms with Crippen molar-refractivity contribution < 1.29 is 13.9 Å². The Morgan fingerprint density at radius 1 is 1.29 bits per heavy atom. The van der Waals surface area contributed by atoms with E-state index in [1.54, 1.807) is 6.07 Å². The van der Waals surface area contributed by atoms with Gasteiger partial charge in [-0.1, -0.05) is 0 Å². The molecule has 1 aromatic rings. The lowest BCUT2D eigenvalue weighted by atomic mass is 10.1. The van der Waals surface area contributed by atoms with Crippen molar-refractivity contribution in [3.8, 4) is 5.75 Å². The topological polar surface area (TPSA) is 50.4 Å². The first-order chi connectivity index (χ1) is 9.65. The van der Waals surface area contributed by atoms with Crippen LogP contribution in [-0.2, 0) is 11.3 Å². The molecule has 0 atom stereocenters. The van der Waals surface area contributed by atoms with Crippen molar-refractivity contribution in [2.75, 3.05) is 6.61 Å². The minimum atomic E-state index is -0.373. The number of amides is 1. The van der Waals surface area contributed by atoms with Crippen molar-refractivity contribution in [3.05, 3.63) is 29.6 Å². The van der Waals surface area contributed by atoms with Crippen LogP contribution < -0.4 is 15.4 Å². The van der Waals surface area contributed by atoms with Gasteiger partial charge < -0.3 is 15.4 Å². The predicted molar refractivity (Wildman–Crippen MR) is 81.8 cm³/mol. The van der Waals surface area contributed by atoms with Gasteiger partial charge in [-0.25, -0.2) is 4.39 Å². The molecule has 0 heterocycles. The zero-order chi connectivity index (χ0) is 16.0. The highest BCUT2D eigenvalue weighted by molar-refractivity contribution is 5.77. The Balaban J connectivity index is 2.63. The highest BCUT2D eigenvalue weighted by Crippen LogP contribution is 2.17. The second-order valence-electron chi connectivity index (χ2n) is 6.41. The van der Waals surface area contributed by atoms with Gasteiger partial charge in [0.15, 0.2) is 6.61 Å². The van der Waals surface area contributed by atoms with Crippen molar-refractivity contribution in [2.24, 2.45) is 0 Å². The van der Waals surface area contributed by atoms with E-state index in [9.17, 15) is 9.18 Å². The summed E-state index contributed by atoms with van der Waals surface area (Å²) in [6, 6.07) is 4.54. The zero-order valence-corrected chi connectivity index (χ0v) is 13.4. The van der Waals surface area contributed by atoms with Gasteiger partial charge >= 0.3 is 0 Å². The van der Waals surface area contributed by atoms with E-state index in [2.05, 4.69) is 10.6 Å². The van der Waals surface area contributed by atoms with Gasteiger partial charge in [-0.05, 0) is 52.3 Å². The lowest BCUT2D eigenvalue weighted by Crippen LogP contribution is -2.35. The average Bonchev–Trinajstić information content (AvgIpc) is 2.32. The number of ether oxygens (including phenoxy) is 1. The molecule has 0 saturated heterocycles. The minimum absolute atomic E-state index is 0.0511. The van der Waals surface area contributed by atoms with Crippen molar-refractivity contribution in [1.29, 1.82) is 0 Å². The Morgan fingerprint density at radius 3 is 2.52 bits per heavy atom. The molecule has 0 aliphatic carbocycles. The van der Waals surface area contributed by atoms with Crippen molar-refractivity contribution >= 4 is 5.91 Å². The third-order valence-electron chi connectivity index (χ3n) is 2.57. The van der Waals surface area contributed by atoms with E-state index < -0.39 is 0 Å². The Bertz CT molecular complexity index is 482. The summed E-state index contributed by atoms with van der Waals surface area (Å²) >= 11 is 0. The fourth-order valence-corrected chi connectivity index (χ4v) is 1.69. The standard InChI is InChI=1S/C16H25FN2O2/c1-11(2)19-15(20)10-21-14-7-12(6-13(17)8-14)9-18-16(3,4)5/h6-8,11,18H,9-10H2,1-5H3,(H,19,20). The maximum absolute atomic E-state index is 13.6. The van der Waals surface area contributed by atoms with Crippen molar-refractivity contribution in [1.82, 2.24) is 10.6 Å². The molecule has 21 heavy (non-hydrogen) atoms. The van der Waals surface area contributed by atoms with Crippen molar-refractivity contribution in [2.45, 2.75) is 52.7 Å². The van der Waals surface area contributed by atoms with E-state index in [1.165, 1.54) is 12.1 Å². The van der Waals surface area contributed by atoms with Gasteiger partial charge in [0.05, 0.1) is 0 Å². The van der Waals surface area contributed by atoms with Crippen LogP contribution in [0.2, 0.25) is 0 Å². The summed E-state index contributed by atoms with van der Waals surface area (Å²) in [5.41, 5.74) is 0.731. The molecular formula is C16H25FN2O2. The molecule has 0 radical (unpaired) electrons. The van der Waals surface area contributed by atoms with Gasteiger partial charge in [0.25, 0.3) is 5.91 Å². The molecule has 0 spiro atoms. The quantitative estimate of drug-likeness (QED) is 0.848. The number of benzene rings is 1. The molecule has 0 aliphatic heterocycles. The molecule has 2 N–H and O–H groups in total. The minimum Gasteiger partial charge on any atom is -0.484 e. The van der Waals surface area contributed by atoms with Gasteiger partial charge in [-0.3, -0.25) is 4.79 Å². The number of hydrogen-bond donors (Lipinski definition) is 2. The average molecular weight is 296 g/mol. The molecule has 1 amide bonds. The fraction of sp³-hybridized carbons (Fsp3) is 0.562. The fourth-order valence-electron chi connectivity index (χ4n) is 1.69. The second kappa shape index (κ2) is 7.41. The summed E-state index contributed by atoms with van der Waals surface area (Å²) in [4.78, 5) is 11.5. The predicted octanol–water partition coefficient (Wildman–Crippen LogP) is 2.62.